The molecule has 9 nitrogen and oxygen atoms in total. The van der Waals surface area contributed by atoms with Gasteiger partial charge in [0.05, 0.1) is 33.8 Å². The van der Waals surface area contributed by atoms with Crippen molar-refractivity contribution < 1.29 is 62.0 Å². The zero-order valence-corrected chi connectivity index (χ0v) is 28.0. The van der Waals surface area contributed by atoms with Crippen LogP contribution in [-0.4, -0.2) is 41.2 Å². The van der Waals surface area contributed by atoms with Crippen LogP contribution in [0.1, 0.15) is 54.5 Å². The third kappa shape index (κ3) is 10.2. The quantitative estimate of drug-likeness (QED) is 0.143. The van der Waals surface area contributed by atoms with E-state index < -0.39 is 69.5 Å². The SMILES string of the molecule is CC(C)(N[C@@H]1C[C@H](c2cccc(OC(F)(F)F)c2)N(c2ccc(C(F)(F)F)cc2)C1=O)c1ccnc(C(F)(F)F)n1.Cc1ccc(S(=O)(=O)O)cc1. The second-order valence-electron chi connectivity index (χ2n) is 12.0. The van der Waals surface area contributed by atoms with Gasteiger partial charge in [-0.05, 0) is 87.4 Å². The first kappa shape index (κ1) is 40.0. The maximum absolute atomic E-state index is 13.6. The predicted molar refractivity (Wildman–Crippen MR) is 167 cm³/mol. The monoisotopic (exact) mass is 764 g/mol. The maximum Gasteiger partial charge on any atom is 0.573 e. The molecule has 0 saturated carbocycles. The number of halogens is 9. The minimum Gasteiger partial charge on any atom is -0.406 e. The average molecular weight is 765 g/mol. The molecule has 280 valence electrons. The molecule has 1 fully saturated rings. The Hall–Kier alpha value is -4.75. The van der Waals surface area contributed by atoms with Crippen molar-refractivity contribution in [3.05, 3.63) is 113 Å². The van der Waals surface area contributed by atoms with E-state index in [1.165, 1.54) is 44.2 Å². The number of carbonyl (C=O) groups is 1. The number of anilines is 1. The molecule has 0 radical (unpaired) electrons. The number of carbonyl (C=O) groups excluding carboxylic acids is 1. The molecule has 1 amide bonds. The van der Waals surface area contributed by atoms with Crippen LogP contribution in [-0.2, 0) is 32.8 Å². The van der Waals surface area contributed by atoms with Crippen LogP contribution in [0, 0.1) is 6.92 Å². The van der Waals surface area contributed by atoms with Gasteiger partial charge in [0.15, 0.2) is 0 Å². The number of amides is 1. The number of nitrogens with zero attached hydrogens (tertiary/aromatic N) is 3. The van der Waals surface area contributed by atoms with Crippen molar-refractivity contribution in [3.8, 4) is 5.75 Å². The Balaban J connectivity index is 0.000000470. The van der Waals surface area contributed by atoms with Crippen LogP contribution in [0.4, 0.5) is 45.2 Å². The minimum absolute atomic E-state index is 0.0265. The molecule has 0 unspecified atom stereocenters. The zero-order valence-electron chi connectivity index (χ0n) is 27.2. The van der Waals surface area contributed by atoms with Crippen molar-refractivity contribution in [3.63, 3.8) is 0 Å². The van der Waals surface area contributed by atoms with Crippen molar-refractivity contribution >= 4 is 21.7 Å². The fourth-order valence-electron chi connectivity index (χ4n) is 5.26. The summed E-state index contributed by atoms with van der Waals surface area (Å²) < 4.78 is 151. The standard InChI is InChI=1S/C26H21F9N4O2.C7H8O3S/c1-23(2,20-10-11-36-22(37-20)25(30,31)32)38-18-13-19(14-4-3-5-17(12-14)41-26(33,34)35)39(21(18)40)16-8-6-15(7-9-16)24(27,28)29;1-6-2-4-7(5-3-6)11(8,9)10/h3-12,18-19,38H,13H2,1-2H3;2-5H,1H3,(H,8,9,10)/t18-,19-;/m1./s1. The first-order valence-electron chi connectivity index (χ1n) is 14.9. The summed E-state index contributed by atoms with van der Waals surface area (Å²) in [5, 5.41) is 2.95. The van der Waals surface area contributed by atoms with Gasteiger partial charge in [0.2, 0.25) is 11.7 Å². The molecule has 1 aromatic heterocycles. The van der Waals surface area contributed by atoms with Crippen LogP contribution in [0.15, 0.2) is 90.0 Å². The van der Waals surface area contributed by atoms with Gasteiger partial charge in [-0.1, -0.05) is 29.8 Å². The van der Waals surface area contributed by atoms with Gasteiger partial charge in [-0.2, -0.15) is 34.8 Å². The van der Waals surface area contributed by atoms with Crippen LogP contribution < -0.4 is 15.0 Å². The number of aryl methyl sites for hydroxylation is 1. The number of nitrogens with one attached hydrogen (secondary N) is 1. The van der Waals surface area contributed by atoms with E-state index in [0.717, 1.165) is 53.1 Å². The van der Waals surface area contributed by atoms with Gasteiger partial charge in [0.25, 0.3) is 10.1 Å². The Bertz CT molecular complexity index is 1990. The first-order chi connectivity index (χ1) is 23.8. The highest BCUT2D eigenvalue weighted by molar-refractivity contribution is 7.85. The number of alkyl halides is 9. The molecular weight excluding hydrogens is 735 g/mol. The molecule has 19 heteroatoms. The van der Waals surface area contributed by atoms with E-state index in [1.54, 1.807) is 12.1 Å². The van der Waals surface area contributed by atoms with Crippen molar-refractivity contribution in [1.29, 1.82) is 0 Å². The summed E-state index contributed by atoms with van der Waals surface area (Å²) in [6.45, 7) is 4.78. The van der Waals surface area contributed by atoms with Crippen molar-refractivity contribution in [1.82, 2.24) is 15.3 Å². The molecule has 1 saturated heterocycles. The van der Waals surface area contributed by atoms with Gasteiger partial charge in [0, 0.05) is 11.9 Å². The summed E-state index contributed by atoms with van der Waals surface area (Å²) in [7, 11) is -4.02. The summed E-state index contributed by atoms with van der Waals surface area (Å²) in [5.74, 6) is -2.64. The number of hydrogen-bond donors (Lipinski definition) is 2. The third-order valence-corrected chi connectivity index (χ3v) is 8.53. The number of benzene rings is 3. The van der Waals surface area contributed by atoms with E-state index in [9.17, 15) is 52.7 Å². The largest absolute Gasteiger partial charge is 0.573 e. The van der Waals surface area contributed by atoms with E-state index in [-0.39, 0.29) is 28.3 Å². The second-order valence-corrected chi connectivity index (χ2v) is 13.4. The molecule has 0 bridgehead atoms. The average Bonchev–Trinajstić information content (AvgIpc) is 3.34. The fourth-order valence-corrected chi connectivity index (χ4v) is 5.74. The van der Waals surface area contributed by atoms with Crippen LogP contribution >= 0.6 is 0 Å². The smallest absolute Gasteiger partial charge is 0.406 e. The van der Waals surface area contributed by atoms with Gasteiger partial charge in [-0.15, -0.1) is 13.2 Å². The second kappa shape index (κ2) is 14.7. The summed E-state index contributed by atoms with van der Waals surface area (Å²) in [6, 6.07) is 13.5. The number of hydrogen-bond acceptors (Lipinski definition) is 7. The molecule has 4 aromatic rings. The first-order valence-corrected chi connectivity index (χ1v) is 16.4. The van der Waals surface area contributed by atoms with Crippen molar-refractivity contribution in [2.24, 2.45) is 0 Å². The highest BCUT2D eigenvalue weighted by atomic mass is 32.2. The van der Waals surface area contributed by atoms with Gasteiger partial charge in [0.1, 0.15) is 5.75 Å². The molecule has 3 aromatic carbocycles. The Morgan fingerprint density at radius 3 is 2.02 bits per heavy atom. The molecule has 52 heavy (non-hydrogen) atoms. The van der Waals surface area contributed by atoms with Gasteiger partial charge in [-0.3, -0.25) is 14.7 Å². The van der Waals surface area contributed by atoms with E-state index >= 15 is 0 Å². The summed E-state index contributed by atoms with van der Waals surface area (Å²) >= 11 is 0. The zero-order chi connectivity index (χ0) is 38.9. The molecule has 2 N–H and O–H groups in total. The molecule has 5 rings (SSSR count). The Kier molecular flexibility index (Phi) is 11.3. The van der Waals surface area contributed by atoms with Crippen LogP contribution in [0.5, 0.6) is 5.75 Å². The normalized spacial score (nSPS) is 17.1. The Morgan fingerprint density at radius 1 is 0.865 bits per heavy atom. The van der Waals surface area contributed by atoms with Crippen LogP contribution in [0.2, 0.25) is 0 Å². The molecule has 1 aliphatic rings. The fraction of sp³-hybridized carbons (Fsp3) is 0.303. The lowest BCUT2D eigenvalue weighted by Gasteiger charge is -2.29. The maximum atomic E-state index is 13.6. The predicted octanol–water partition coefficient (Wildman–Crippen LogP) is 8.03. The Morgan fingerprint density at radius 2 is 1.48 bits per heavy atom. The molecule has 0 aliphatic carbocycles. The molecule has 0 spiro atoms. The van der Waals surface area contributed by atoms with Crippen molar-refractivity contribution in [2.45, 2.75) is 68.4 Å². The topological polar surface area (TPSA) is 122 Å². The van der Waals surface area contributed by atoms with E-state index in [0.29, 0.717) is 0 Å². The highest BCUT2D eigenvalue weighted by Crippen LogP contribution is 2.41. The Labute approximate surface area is 291 Å². The van der Waals surface area contributed by atoms with E-state index in [4.69, 9.17) is 4.55 Å². The minimum atomic E-state index is -5.00. The summed E-state index contributed by atoms with van der Waals surface area (Å²) in [5.41, 5.74) is -1.26. The summed E-state index contributed by atoms with van der Waals surface area (Å²) in [4.78, 5) is 21.5. The van der Waals surface area contributed by atoms with Crippen LogP contribution in [0.3, 0.4) is 0 Å². The van der Waals surface area contributed by atoms with E-state index in [2.05, 4.69) is 20.0 Å². The van der Waals surface area contributed by atoms with Crippen molar-refractivity contribution in [2.75, 3.05) is 4.90 Å². The number of ether oxygens (including phenoxy) is 1. The van der Waals surface area contributed by atoms with Gasteiger partial charge < -0.3 is 9.64 Å². The molecular formula is C33H29F9N4O5S. The van der Waals surface area contributed by atoms with Gasteiger partial charge in [-0.25, -0.2) is 9.97 Å². The van der Waals surface area contributed by atoms with Crippen LogP contribution in [0.25, 0.3) is 0 Å². The number of aromatic nitrogens is 2. The summed E-state index contributed by atoms with van der Waals surface area (Å²) in [6.07, 6.45) is -13.7. The molecule has 2 atom stereocenters. The lowest BCUT2D eigenvalue weighted by molar-refractivity contribution is -0.274. The lowest BCUT2D eigenvalue weighted by Crippen LogP contribution is -2.48. The lowest BCUT2D eigenvalue weighted by atomic mass is 9.96. The van der Waals surface area contributed by atoms with E-state index in [1.807, 2.05) is 6.92 Å². The third-order valence-electron chi connectivity index (χ3n) is 7.66. The molecule has 1 aliphatic heterocycles. The number of rotatable bonds is 7. The highest BCUT2D eigenvalue weighted by Gasteiger charge is 2.45. The molecule has 2 heterocycles. The van der Waals surface area contributed by atoms with Gasteiger partial charge >= 0.3 is 18.7 Å².